The fraction of sp³-hybridized carbons (Fsp3) is 0.333. The van der Waals surface area contributed by atoms with Gasteiger partial charge in [-0.25, -0.2) is 4.98 Å². The number of amides is 1. The number of nitrogens with zero attached hydrogens (tertiary/aromatic N) is 2. The van der Waals surface area contributed by atoms with Gasteiger partial charge in [0.1, 0.15) is 18.9 Å². The molecule has 1 fully saturated rings. The lowest BCUT2D eigenvalue weighted by Crippen LogP contribution is -3.14. The molecular formula is C21H24ClN4O2+. The summed E-state index contributed by atoms with van der Waals surface area (Å²) in [6.07, 6.45) is 0. The monoisotopic (exact) mass is 399 g/mol. The first-order chi connectivity index (χ1) is 13.6. The maximum Gasteiger partial charge on any atom is 0.251 e. The number of halogens is 1. The summed E-state index contributed by atoms with van der Waals surface area (Å²) in [7, 11) is 0. The zero-order valence-corrected chi connectivity index (χ0v) is 16.6. The topological polar surface area (TPSA) is 60.6 Å². The van der Waals surface area contributed by atoms with Crippen LogP contribution in [0.3, 0.4) is 0 Å². The van der Waals surface area contributed by atoms with Crippen LogP contribution in [0.2, 0.25) is 5.02 Å². The lowest BCUT2D eigenvalue weighted by molar-refractivity contribution is -0.906. The zero-order valence-electron chi connectivity index (χ0n) is 15.9. The van der Waals surface area contributed by atoms with Gasteiger partial charge in [0.25, 0.3) is 5.91 Å². The second-order valence-electron chi connectivity index (χ2n) is 7.05. The summed E-state index contributed by atoms with van der Waals surface area (Å²) in [6, 6.07) is 13.3. The number of hydrogen-bond acceptors (Lipinski definition) is 3. The van der Waals surface area contributed by atoms with Gasteiger partial charge in [-0.2, -0.15) is 0 Å². The molecule has 146 valence electrons. The number of fused-ring (bicyclic) bond motifs is 1. The summed E-state index contributed by atoms with van der Waals surface area (Å²) in [4.78, 5) is 18.6. The molecule has 1 aliphatic heterocycles. The molecule has 2 N–H and O–H groups in total. The van der Waals surface area contributed by atoms with Crippen molar-refractivity contribution in [2.24, 2.45) is 0 Å². The predicted molar refractivity (Wildman–Crippen MR) is 110 cm³/mol. The summed E-state index contributed by atoms with van der Waals surface area (Å²) in [5, 5.41) is 3.70. The molecule has 0 bridgehead atoms. The predicted octanol–water partition coefficient (Wildman–Crippen LogP) is 1.63. The number of ether oxygens (including phenoxy) is 1. The van der Waals surface area contributed by atoms with Crippen molar-refractivity contribution in [2.45, 2.75) is 6.92 Å². The number of nitrogens with one attached hydrogen (secondary N) is 2. The Morgan fingerprint density at radius 2 is 2.07 bits per heavy atom. The minimum atomic E-state index is -0.0653. The van der Waals surface area contributed by atoms with E-state index in [-0.39, 0.29) is 5.91 Å². The van der Waals surface area contributed by atoms with Crippen molar-refractivity contribution in [1.82, 2.24) is 14.9 Å². The third-order valence-corrected chi connectivity index (χ3v) is 5.35. The number of quaternary nitrogens is 1. The van der Waals surface area contributed by atoms with E-state index in [1.165, 1.54) is 4.90 Å². The summed E-state index contributed by atoms with van der Waals surface area (Å²) in [5.41, 5.74) is 3.33. The summed E-state index contributed by atoms with van der Waals surface area (Å²) in [5.74, 6) is 0.787. The van der Waals surface area contributed by atoms with Crippen molar-refractivity contribution in [3.05, 3.63) is 58.9 Å². The molecule has 0 spiro atoms. The van der Waals surface area contributed by atoms with Crippen LogP contribution < -0.4 is 10.2 Å². The number of hydrogen-bond donors (Lipinski definition) is 2. The van der Waals surface area contributed by atoms with Gasteiger partial charge < -0.3 is 15.0 Å². The van der Waals surface area contributed by atoms with E-state index >= 15 is 0 Å². The zero-order chi connectivity index (χ0) is 19.5. The van der Waals surface area contributed by atoms with Crippen LogP contribution in [-0.4, -0.2) is 54.9 Å². The number of carbonyl (C=O) groups excluding carboxylic acids is 1. The van der Waals surface area contributed by atoms with Crippen molar-refractivity contribution in [1.29, 1.82) is 0 Å². The van der Waals surface area contributed by atoms with Gasteiger partial charge in [0.05, 0.1) is 37.3 Å². The number of aryl methyl sites for hydroxylation is 1. The molecule has 2 aromatic carbocycles. The van der Waals surface area contributed by atoms with E-state index in [1.54, 1.807) is 0 Å². The Bertz CT molecular complexity index is 995. The van der Waals surface area contributed by atoms with Crippen LogP contribution in [0, 0.1) is 6.92 Å². The van der Waals surface area contributed by atoms with Crippen molar-refractivity contribution in [2.75, 3.05) is 39.4 Å². The molecule has 7 heteroatoms. The molecule has 3 aromatic rings. The Hall–Kier alpha value is -2.41. The number of morpholine rings is 1. The molecule has 4 rings (SSSR count). The first-order valence-corrected chi connectivity index (χ1v) is 9.94. The van der Waals surface area contributed by atoms with Crippen LogP contribution in [0.25, 0.3) is 16.7 Å². The van der Waals surface area contributed by atoms with Gasteiger partial charge in [-0.05, 0) is 43.3 Å². The van der Waals surface area contributed by atoms with E-state index in [0.717, 1.165) is 55.4 Å². The van der Waals surface area contributed by atoms with Gasteiger partial charge >= 0.3 is 0 Å². The van der Waals surface area contributed by atoms with Gasteiger partial charge in [0.2, 0.25) is 0 Å². The number of aromatic nitrogens is 2. The van der Waals surface area contributed by atoms with Crippen molar-refractivity contribution in [3.63, 3.8) is 0 Å². The normalized spacial score (nSPS) is 15.1. The molecule has 1 aromatic heterocycles. The van der Waals surface area contributed by atoms with E-state index in [9.17, 15) is 4.79 Å². The van der Waals surface area contributed by atoms with Crippen LogP contribution >= 0.6 is 11.6 Å². The molecular weight excluding hydrogens is 376 g/mol. The second-order valence-corrected chi connectivity index (χ2v) is 7.48. The number of carbonyl (C=O) groups is 1. The molecule has 1 saturated heterocycles. The van der Waals surface area contributed by atoms with E-state index < -0.39 is 0 Å². The van der Waals surface area contributed by atoms with Crippen LogP contribution in [0.4, 0.5) is 0 Å². The Labute approximate surface area is 169 Å². The highest BCUT2D eigenvalue weighted by Crippen LogP contribution is 2.24. The standard InChI is InChI=1S/C21H23ClN4O2/c1-15-24-19-13-16(21(27)23-7-8-25-9-11-28-12-10-25)5-6-20(19)26(15)18-4-2-3-17(22)14-18/h2-6,13-14H,7-12H2,1H3,(H,23,27)/p+1. The third-order valence-electron chi connectivity index (χ3n) is 5.11. The fourth-order valence-electron chi connectivity index (χ4n) is 3.65. The van der Waals surface area contributed by atoms with Crippen molar-refractivity contribution in [3.8, 4) is 5.69 Å². The molecule has 0 atom stereocenters. The number of benzene rings is 2. The van der Waals surface area contributed by atoms with E-state index in [4.69, 9.17) is 16.3 Å². The Morgan fingerprint density at radius 3 is 2.86 bits per heavy atom. The molecule has 1 amide bonds. The maximum atomic E-state index is 12.5. The Morgan fingerprint density at radius 1 is 1.25 bits per heavy atom. The van der Waals surface area contributed by atoms with Crippen LogP contribution in [-0.2, 0) is 4.74 Å². The molecule has 28 heavy (non-hydrogen) atoms. The highest BCUT2D eigenvalue weighted by Gasteiger charge is 2.15. The van der Waals surface area contributed by atoms with Crippen LogP contribution in [0.5, 0.6) is 0 Å². The first-order valence-electron chi connectivity index (χ1n) is 9.56. The minimum Gasteiger partial charge on any atom is -0.370 e. The third kappa shape index (κ3) is 4.04. The van der Waals surface area contributed by atoms with E-state index in [2.05, 4.69) is 10.3 Å². The van der Waals surface area contributed by atoms with Gasteiger partial charge in [-0.1, -0.05) is 17.7 Å². The average Bonchev–Trinajstić information content (AvgIpc) is 3.03. The summed E-state index contributed by atoms with van der Waals surface area (Å²) >= 11 is 6.14. The smallest absolute Gasteiger partial charge is 0.251 e. The van der Waals surface area contributed by atoms with Crippen LogP contribution in [0.1, 0.15) is 16.2 Å². The highest BCUT2D eigenvalue weighted by atomic mass is 35.5. The van der Waals surface area contributed by atoms with Crippen molar-refractivity contribution < 1.29 is 14.4 Å². The van der Waals surface area contributed by atoms with Gasteiger partial charge in [-0.15, -0.1) is 0 Å². The molecule has 0 saturated carbocycles. The Kier molecular flexibility index (Phi) is 5.62. The molecule has 6 nitrogen and oxygen atoms in total. The summed E-state index contributed by atoms with van der Waals surface area (Å²) in [6.45, 7) is 7.13. The van der Waals surface area contributed by atoms with Crippen molar-refractivity contribution >= 4 is 28.5 Å². The fourth-order valence-corrected chi connectivity index (χ4v) is 3.83. The number of imidazole rings is 1. The highest BCUT2D eigenvalue weighted by molar-refractivity contribution is 6.30. The summed E-state index contributed by atoms with van der Waals surface area (Å²) < 4.78 is 7.41. The average molecular weight is 400 g/mol. The number of rotatable bonds is 5. The van der Waals surface area contributed by atoms with Gasteiger partial charge in [0.15, 0.2) is 0 Å². The molecule has 0 aliphatic carbocycles. The molecule has 1 aliphatic rings. The van der Waals surface area contributed by atoms with Crippen LogP contribution in [0.15, 0.2) is 42.5 Å². The lowest BCUT2D eigenvalue weighted by Gasteiger charge is -2.23. The largest absolute Gasteiger partial charge is 0.370 e. The van der Waals surface area contributed by atoms with Gasteiger partial charge in [-0.3, -0.25) is 9.36 Å². The van der Waals surface area contributed by atoms with Gasteiger partial charge in [0, 0.05) is 16.3 Å². The quantitative estimate of drug-likeness (QED) is 0.685. The molecule has 0 unspecified atom stereocenters. The SMILES string of the molecule is Cc1nc2cc(C(=O)NCC[NH+]3CCOCC3)ccc2n1-c1cccc(Cl)c1. The Balaban J connectivity index is 1.49. The van der Waals surface area contributed by atoms with E-state index in [1.807, 2.05) is 54.0 Å². The maximum absolute atomic E-state index is 12.5. The van der Waals surface area contributed by atoms with E-state index in [0.29, 0.717) is 17.1 Å². The second kappa shape index (κ2) is 8.31. The first kappa shape index (κ1) is 18.9. The lowest BCUT2D eigenvalue weighted by atomic mass is 10.2. The molecule has 2 heterocycles. The molecule has 0 radical (unpaired) electrons. The minimum absolute atomic E-state index is 0.0653.